The first-order chi connectivity index (χ1) is 12.1. The van der Waals surface area contributed by atoms with Crippen LogP contribution in [0.2, 0.25) is 0 Å². The van der Waals surface area contributed by atoms with Crippen molar-refractivity contribution >= 4 is 27.8 Å². The van der Waals surface area contributed by atoms with E-state index in [-0.39, 0.29) is 28.3 Å². The van der Waals surface area contributed by atoms with E-state index in [0.29, 0.717) is 0 Å². The van der Waals surface area contributed by atoms with Gasteiger partial charge in [-0.25, -0.2) is 19.2 Å². The van der Waals surface area contributed by atoms with Gasteiger partial charge in [0.1, 0.15) is 17.2 Å². The molecule has 0 aliphatic heterocycles. The molecule has 0 aliphatic rings. The van der Waals surface area contributed by atoms with E-state index in [1.165, 1.54) is 25.3 Å². The summed E-state index contributed by atoms with van der Waals surface area (Å²) < 4.78 is 38.1. The Labute approximate surface area is 158 Å². The van der Waals surface area contributed by atoms with Crippen molar-refractivity contribution in [2.45, 2.75) is 32.9 Å². The van der Waals surface area contributed by atoms with Crippen LogP contribution in [0.25, 0.3) is 0 Å². The fraction of sp³-hybridized carbons (Fsp3) is 0.353. The smallest absolute Gasteiger partial charge is 0.416 e. The van der Waals surface area contributed by atoms with Crippen LogP contribution in [0.3, 0.4) is 0 Å². The average Bonchev–Trinajstić information content (AvgIpc) is 2.54. The van der Waals surface area contributed by atoms with Gasteiger partial charge in [0, 0.05) is 5.56 Å². The molecule has 2 rings (SSSR count). The van der Waals surface area contributed by atoms with Crippen molar-refractivity contribution < 1.29 is 23.0 Å². The van der Waals surface area contributed by atoms with Crippen molar-refractivity contribution in [3.8, 4) is 5.88 Å². The molecule has 0 unspecified atom stereocenters. The molecule has 26 heavy (non-hydrogen) atoms. The van der Waals surface area contributed by atoms with Crippen molar-refractivity contribution in [3.63, 3.8) is 0 Å². The Bertz CT molecular complexity index is 812. The van der Waals surface area contributed by atoms with Crippen molar-refractivity contribution in [2.75, 3.05) is 12.0 Å². The van der Waals surface area contributed by atoms with E-state index in [1.54, 1.807) is 20.8 Å². The first-order valence-electron chi connectivity index (χ1n) is 7.61. The van der Waals surface area contributed by atoms with Crippen molar-refractivity contribution in [3.05, 3.63) is 46.2 Å². The molecule has 0 saturated heterocycles. The van der Waals surface area contributed by atoms with Gasteiger partial charge in [0.05, 0.1) is 24.3 Å². The summed E-state index contributed by atoms with van der Waals surface area (Å²) in [4.78, 5) is 21.3. The predicted molar refractivity (Wildman–Crippen MR) is 95.1 cm³/mol. The fourth-order valence-corrected chi connectivity index (χ4v) is 2.27. The summed E-state index contributed by atoms with van der Waals surface area (Å²) >= 11 is 3.01. The molecule has 0 atom stereocenters. The highest BCUT2D eigenvalue weighted by atomic mass is 79.9. The molecule has 0 fully saturated rings. The van der Waals surface area contributed by atoms with E-state index < -0.39 is 23.5 Å². The van der Waals surface area contributed by atoms with Crippen molar-refractivity contribution in [1.29, 1.82) is 0 Å². The molecule has 9 heteroatoms. The Kier molecular flexibility index (Phi) is 6.12. The van der Waals surface area contributed by atoms with E-state index in [9.17, 15) is 13.6 Å². The van der Waals surface area contributed by atoms with Gasteiger partial charge in [-0.15, -0.1) is 0 Å². The number of carbonyl (C=O) groups excluding carboxylic acids is 1. The normalized spacial score (nSPS) is 11.2. The second-order valence-corrected chi connectivity index (χ2v) is 7.18. The van der Waals surface area contributed by atoms with Gasteiger partial charge in [0.15, 0.2) is 0 Å². The number of hydrogen-bond acceptors (Lipinski definition) is 5. The monoisotopic (exact) mass is 429 g/mol. The van der Waals surface area contributed by atoms with Crippen LogP contribution >= 0.6 is 15.9 Å². The molecule has 2 aromatic heterocycles. The van der Waals surface area contributed by atoms with Gasteiger partial charge in [-0.05, 0) is 54.9 Å². The Hall–Kier alpha value is -2.29. The van der Waals surface area contributed by atoms with Crippen LogP contribution in [0.15, 0.2) is 28.9 Å². The lowest BCUT2D eigenvalue weighted by atomic mass is 10.2. The minimum atomic E-state index is -0.791. The molecule has 0 aliphatic carbocycles. The Morgan fingerprint density at radius 3 is 2.58 bits per heavy atom. The van der Waals surface area contributed by atoms with Gasteiger partial charge in [0.2, 0.25) is 11.8 Å². The van der Waals surface area contributed by atoms with E-state index in [0.717, 1.165) is 11.1 Å². The third-order valence-corrected chi connectivity index (χ3v) is 3.68. The average molecular weight is 430 g/mol. The summed E-state index contributed by atoms with van der Waals surface area (Å²) in [6.07, 6.45) is 0.232. The molecule has 0 spiro atoms. The number of ether oxygens (including phenoxy) is 2. The molecule has 0 saturated carbocycles. The number of rotatable bonds is 4. The number of methoxy groups -OCH3 is 1. The maximum Gasteiger partial charge on any atom is 0.416 e. The molecular formula is C17H18BrF2N3O3. The quantitative estimate of drug-likeness (QED) is 0.670. The minimum Gasteiger partial charge on any atom is -0.481 e. The summed E-state index contributed by atoms with van der Waals surface area (Å²) in [6, 6.07) is 4.03. The zero-order valence-corrected chi connectivity index (χ0v) is 16.3. The molecule has 1 amide bonds. The number of nitrogens with zero attached hydrogens (tertiary/aromatic N) is 3. The van der Waals surface area contributed by atoms with E-state index in [4.69, 9.17) is 9.47 Å². The van der Waals surface area contributed by atoms with Crippen molar-refractivity contribution in [1.82, 2.24) is 9.97 Å². The molecule has 0 bridgehead atoms. The molecular weight excluding hydrogens is 412 g/mol. The SMILES string of the molecule is COc1ncc(F)cc1CN(C(=O)OC(C)(C)C)c1ccc(Br)c(F)n1. The topological polar surface area (TPSA) is 64.5 Å². The lowest BCUT2D eigenvalue weighted by molar-refractivity contribution is 0.0576. The molecule has 2 aromatic rings. The number of amides is 1. The number of anilines is 1. The second kappa shape index (κ2) is 7.94. The second-order valence-electron chi connectivity index (χ2n) is 6.33. The number of hydrogen-bond donors (Lipinski definition) is 0. The van der Waals surface area contributed by atoms with E-state index in [1.807, 2.05) is 0 Å². The third-order valence-electron chi connectivity index (χ3n) is 3.09. The zero-order valence-electron chi connectivity index (χ0n) is 14.7. The van der Waals surface area contributed by atoms with E-state index >= 15 is 0 Å². The van der Waals surface area contributed by atoms with Crippen LogP contribution < -0.4 is 9.64 Å². The summed E-state index contributed by atoms with van der Waals surface area (Å²) in [5.74, 6) is -1.25. The van der Waals surface area contributed by atoms with Gasteiger partial charge in [-0.3, -0.25) is 4.90 Å². The Morgan fingerprint density at radius 2 is 2.00 bits per heavy atom. The van der Waals surface area contributed by atoms with Gasteiger partial charge < -0.3 is 9.47 Å². The first kappa shape index (κ1) is 20.0. The number of carbonyl (C=O) groups is 1. The zero-order chi connectivity index (χ0) is 19.5. The highest BCUT2D eigenvalue weighted by Gasteiger charge is 2.26. The minimum absolute atomic E-state index is 0.00580. The summed E-state index contributed by atoms with van der Waals surface area (Å²) in [7, 11) is 1.37. The van der Waals surface area contributed by atoms with Crippen LogP contribution in [0.4, 0.5) is 19.4 Å². The van der Waals surface area contributed by atoms with Gasteiger partial charge in [-0.2, -0.15) is 4.39 Å². The van der Waals surface area contributed by atoms with Gasteiger partial charge in [0.25, 0.3) is 0 Å². The largest absolute Gasteiger partial charge is 0.481 e. The van der Waals surface area contributed by atoms with Crippen LogP contribution in [0.5, 0.6) is 5.88 Å². The lowest BCUT2D eigenvalue weighted by Gasteiger charge is -2.27. The predicted octanol–water partition coefficient (Wildman–Crippen LogP) is 4.47. The highest BCUT2D eigenvalue weighted by molar-refractivity contribution is 9.10. The number of halogens is 3. The van der Waals surface area contributed by atoms with Crippen molar-refractivity contribution in [2.24, 2.45) is 0 Å². The third kappa shape index (κ3) is 5.10. The molecule has 140 valence electrons. The van der Waals surface area contributed by atoms with Crippen LogP contribution in [-0.2, 0) is 11.3 Å². The number of pyridine rings is 2. The Balaban J connectivity index is 2.45. The molecule has 0 aromatic carbocycles. The lowest BCUT2D eigenvalue weighted by Crippen LogP contribution is -2.37. The molecule has 6 nitrogen and oxygen atoms in total. The first-order valence-corrected chi connectivity index (χ1v) is 8.41. The standard InChI is InChI=1S/C17H18BrF2N3O3/c1-17(2,3)26-16(24)23(13-6-5-12(18)14(20)22-13)9-10-7-11(19)8-21-15(10)25-4/h5-8H,9H2,1-4H3. The van der Waals surface area contributed by atoms with Crippen LogP contribution in [0.1, 0.15) is 26.3 Å². The fourth-order valence-electron chi connectivity index (χ4n) is 2.05. The number of aromatic nitrogens is 2. The van der Waals surface area contributed by atoms with E-state index in [2.05, 4.69) is 25.9 Å². The summed E-state index contributed by atoms with van der Waals surface area (Å²) in [5.41, 5.74) is -0.503. The Morgan fingerprint density at radius 1 is 1.31 bits per heavy atom. The summed E-state index contributed by atoms with van der Waals surface area (Å²) in [6.45, 7) is 4.92. The van der Waals surface area contributed by atoms with Crippen LogP contribution in [0, 0.1) is 11.8 Å². The van der Waals surface area contributed by atoms with Crippen LogP contribution in [-0.4, -0.2) is 28.8 Å². The molecule has 0 N–H and O–H groups in total. The molecule has 2 heterocycles. The maximum atomic E-state index is 13.9. The van der Waals surface area contributed by atoms with Gasteiger partial charge in [-0.1, -0.05) is 0 Å². The molecule has 0 radical (unpaired) electrons. The maximum absolute atomic E-state index is 13.9. The summed E-state index contributed by atoms with van der Waals surface area (Å²) in [5, 5.41) is 0. The van der Waals surface area contributed by atoms with Gasteiger partial charge >= 0.3 is 6.09 Å². The highest BCUT2D eigenvalue weighted by Crippen LogP contribution is 2.25.